The van der Waals surface area contributed by atoms with E-state index < -0.39 is 0 Å². The molecule has 1 aliphatic heterocycles. The van der Waals surface area contributed by atoms with Crippen LogP contribution in [0, 0.1) is 0 Å². The van der Waals surface area contributed by atoms with Crippen LogP contribution in [0.4, 0.5) is 0 Å². The molecule has 5 heteroatoms. The predicted octanol–water partition coefficient (Wildman–Crippen LogP) is 3.89. The summed E-state index contributed by atoms with van der Waals surface area (Å²) in [5.74, 6) is 2.87. The van der Waals surface area contributed by atoms with E-state index in [1.165, 1.54) is 5.56 Å². The summed E-state index contributed by atoms with van der Waals surface area (Å²) < 4.78 is 21.8. The Balaban J connectivity index is 2.23. The van der Waals surface area contributed by atoms with Crippen molar-refractivity contribution < 1.29 is 18.9 Å². The van der Waals surface area contributed by atoms with Crippen LogP contribution in [0.1, 0.15) is 30.5 Å². The Morgan fingerprint density at radius 3 is 1.88 bits per heavy atom. The lowest BCUT2D eigenvalue weighted by molar-refractivity contribution is 0.353. The Bertz CT molecular complexity index is 833. The third-order valence-electron chi connectivity index (χ3n) is 4.53. The van der Waals surface area contributed by atoms with E-state index in [4.69, 9.17) is 23.9 Å². The summed E-state index contributed by atoms with van der Waals surface area (Å²) in [7, 11) is 6.59. The zero-order valence-electron chi connectivity index (χ0n) is 16.2. The average Bonchev–Trinajstić information content (AvgIpc) is 2.64. The van der Waals surface area contributed by atoms with Gasteiger partial charge in [-0.15, -0.1) is 0 Å². The molecule has 0 aliphatic carbocycles. The fourth-order valence-corrected chi connectivity index (χ4v) is 3.32. The Labute approximate surface area is 154 Å². The van der Waals surface area contributed by atoms with Crippen molar-refractivity contribution in [2.75, 3.05) is 28.4 Å². The molecule has 0 saturated carbocycles. The number of rotatable bonds is 5. The topological polar surface area (TPSA) is 49.3 Å². The summed E-state index contributed by atoms with van der Waals surface area (Å²) in [6, 6.07) is 9.84. The first-order chi connectivity index (χ1) is 12.4. The Morgan fingerprint density at radius 1 is 0.769 bits per heavy atom. The predicted molar refractivity (Wildman–Crippen MR) is 103 cm³/mol. The molecular weight excluding hydrogens is 330 g/mol. The number of methoxy groups -OCH3 is 4. The molecule has 0 radical (unpaired) electrons. The van der Waals surface area contributed by atoms with Crippen LogP contribution in [0.15, 0.2) is 35.3 Å². The van der Waals surface area contributed by atoms with Gasteiger partial charge in [0.25, 0.3) is 0 Å². The number of hydrogen-bond acceptors (Lipinski definition) is 5. The second-order valence-corrected chi connectivity index (χ2v) is 6.92. The zero-order chi connectivity index (χ0) is 18.9. The number of hydrogen-bond donors (Lipinski definition) is 0. The Morgan fingerprint density at radius 2 is 1.35 bits per heavy atom. The summed E-state index contributed by atoms with van der Waals surface area (Å²) in [6.45, 7) is 4.26. The number of nitrogens with zero attached hydrogens (tertiary/aromatic N) is 1. The van der Waals surface area contributed by atoms with E-state index in [1.807, 2.05) is 30.3 Å². The molecule has 2 aromatic carbocycles. The third kappa shape index (κ3) is 3.34. The quantitative estimate of drug-likeness (QED) is 0.816. The largest absolute Gasteiger partial charge is 0.497 e. The highest BCUT2D eigenvalue weighted by atomic mass is 16.5. The lowest BCUT2D eigenvalue weighted by Crippen LogP contribution is -2.29. The van der Waals surface area contributed by atoms with E-state index in [0.29, 0.717) is 5.75 Å². The minimum absolute atomic E-state index is 0.224. The molecule has 0 amide bonds. The van der Waals surface area contributed by atoms with Crippen molar-refractivity contribution in [2.24, 2.45) is 4.99 Å². The van der Waals surface area contributed by atoms with Crippen LogP contribution in [0.2, 0.25) is 0 Å². The zero-order valence-corrected chi connectivity index (χ0v) is 16.2. The molecule has 0 saturated heterocycles. The SMILES string of the molecule is COc1cc(OC)cc(C2=NC(C)(C)Cc3cc(OC)c(OC)cc32)c1. The van der Waals surface area contributed by atoms with Gasteiger partial charge in [0.2, 0.25) is 0 Å². The fraction of sp³-hybridized carbons (Fsp3) is 0.381. The van der Waals surface area contributed by atoms with Crippen LogP contribution in [0.3, 0.4) is 0 Å². The average molecular weight is 355 g/mol. The molecule has 26 heavy (non-hydrogen) atoms. The van der Waals surface area contributed by atoms with Crippen LogP contribution in [0.25, 0.3) is 0 Å². The van der Waals surface area contributed by atoms with Crippen LogP contribution < -0.4 is 18.9 Å². The van der Waals surface area contributed by atoms with Crippen molar-refractivity contribution in [1.82, 2.24) is 0 Å². The van der Waals surface area contributed by atoms with Crippen molar-refractivity contribution in [1.29, 1.82) is 0 Å². The monoisotopic (exact) mass is 355 g/mol. The van der Waals surface area contributed by atoms with Gasteiger partial charge in [-0.25, -0.2) is 0 Å². The molecule has 1 aliphatic rings. The second-order valence-electron chi connectivity index (χ2n) is 6.92. The minimum atomic E-state index is -0.224. The third-order valence-corrected chi connectivity index (χ3v) is 4.53. The smallest absolute Gasteiger partial charge is 0.161 e. The lowest BCUT2D eigenvalue weighted by Gasteiger charge is -2.30. The molecule has 138 valence electrons. The standard InChI is InChI=1S/C21H25NO4/c1-21(2)12-14-9-18(25-5)19(26-6)11-17(14)20(22-21)13-7-15(23-3)10-16(8-13)24-4/h7-11H,12H2,1-6H3. The summed E-state index contributed by atoms with van der Waals surface area (Å²) in [6.07, 6.45) is 0.827. The molecule has 0 aromatic heterocycles. The normalized spacial score (nSPS) is 14.9. The number of aliphatic imine (C=N–C) groups is 1. The molecule has 5 nitrogen and oxygen atoms in total. The van der Waals surface area contributed by atoms with Crippen LogP contribution >= 0.6 is 0 Å². The molecule has 2 aromatic rings. The molecule has 3 rings (SSSR count). The maximum Gasteiger partial charge on any atom is 0.161 e. The number of benzene rings is 2. The Kier molecular flexibility index (Phi) is 4.81. The number of fused-ring (bicyclic) bond motifs is 1. The van der Waals surface area contributed by atoms with E-state index in [0.717, 1.165) is 40.5 Å². The van der Waals surface area contributed by atoms with Gasteiger partial charge in [-0.3, -0.25) is 4.99 Å². The summed E-state index contributed by atoms with van der Waals surface area (Å²) >= 11 is 0. The highest BCUT2D eigenvalue weighted by Crippen LogP contribution is 2.38. The van der Waals surface area contributed by atoms with Crippen LogP contribution in [0.5, 0.6) is 23.0 Å². The molecule has 0 spiro atoms. The van der Waals surface area contributed by atoms with E-state index in [1.54, 1.807) is 28.4 Å². The highest BCUT2D eigenvalue weighted by Gasteiger charge is 2.29. The summed E-state index contributed by atoms with van der Waals surface area (Å²) in [5.41, 5.74) is 3.84. The van der Waals surface area contributed by atoms with E-state index in [-0.39, 0.29) is 5.54 Å². The van der Waals surface area contributed by atoms with Gasteiger partial charge in [0, 0.05) is 17.2 Å². The maximum atomic E-state index is 5.50. The Hall–Kier alpha value is -2.69. The molecule has 0 atom stereocenters. The minimum Gasteiger partial charge on any atom is -0.497 e. The first-order valence-electron chi connectivity index (χ1n) is 8.49. The molecule has 0 unspecified atom stereocenters. The van der Waals surface area contributed by atoms with Gasteiger partial charge in [0.15, 0.2) is 11.5 Å². The summed E-state index contributed by atoms with van der Waals surface area (Å²) in [5, 5.41) is 0. The molecule has 0 N–H and O–H groups in total. The van der Waals surface area contributed by atoms with Gasteiger partial charge in [-0.2, -0.15) is 0 Å². The van der Waals surface area contributed by atoms with Crippen molar-refractivity contribution >= 4 is 5.71 Å². The van der Waals surface area contributed by atoms with Gasteiger partial charge in [0.05, 0.1) is 39.7 Å². The van der Waals surface area contributed by atoms with E-state index in [9.17, 15) is 0 Å². The van der Waals surface area contributed by atoms with Crippen molar-refractivity contribution in [2.45, 2.75) is 25.8 Å². The van der Waals surface area contributed by atoms with Gasteiger partial charge >= 0.3 is 0 Å². The van der Waals surface area contributed by atoms with Gasteiger partial charge in [-0.05, 0) is 50.1 Å². The van der Waals surface area contributed by atoms with Crippen molar-refractivity contribution in [3.05, 3.63) is 47.0 Å². The second kappa shape index (κ2) is 6.90. The van der Waals surface area contributed by atoms with Gasteiger partial charge in [0.1, 0.15) is 11.5 Å². The first kappa shape index (κ1) is 18.1. The summed E-state index contributed by atoms with van der Waals surface area (Å²) in [4.78, 5) is 5.02. The lowest BCUT2D eigenvalue weighted by atomic mass is 9.84. The molecule has 0 fully saturated rings. The number of ether oxygens (including phenoxy) is 4. The van der Waals surface area contributed by atoms with E-state index >= 15 is 0 Å². The first-order valence-corrected chi connectivity index (χ1v) is 8.49. The molecular formula is C21H25NO4. The van der Waals surface area contributed by atoms with Gasteiger partial charge in [-0.1, -0.05) is 0 Å². The van der Waals surface area contributed by atoms with Crippen LogP contribution in [-0.4, -0.2) is 39.7 Å². The fourth-order valence-electron chi connectivity index (χ4n) is 3.32. The van der Waals surface area contributed by atoms with Crippen LogP contribution in [-0.2, 0) is 6.42 Å². The molecule has 1 heterocycles. The maximum absolute atomic E-state index is 5.50. The van der Waals surface area contributed by atoms with E-state index in [2.05, 4.69) is 13.8 Å². The van der Waals surface area contributed by atoms with Crippen molar-refractivity contribution in [3.8, 4) is 23.0 Å². The molecule has 0 bridgehead atoms. The van der Waals surface area contributed by atoms with Gasteiger partial charge < -0.3 is 18.9 Å². The van der Waals surface area contributed by atoms with Crippen molar-refractivity contribution in [3.63, 3.8) is 0 Å². The highest BCUT2D eigenvalue weighted by molar-refractivity contribution is 6.15.